The number of rotatable bonds is 5. The maximum absolute atomic E-state index is 5.89. The van der Waals surface area contributed by atoms with Gasteiger partial charge in [-0.25, -0.2) is 0 Å². The maximum atomic E-state index is 5.89. The minimum absolute atomic E-state index is 0.0251. The number of hydrogen-bond acceptors (Lipinski definition) is 2. The molecule has 0 rings (SSSR count). The number of hydrogen-bond donors (Lipinski definition) is 0. The molecule has 0 atom stereocenters. The fraction of sp³-hybridized carbons (Fsp3) is 1.00. The molecule has 0 aliphatic rings. The van der Waals surface area contributed by atoms with Crippen LogP contribution >= 0.6 is 0 Å². The van der Waals surface area contributed by atoms with Crippen LogP contribution in [0.2, 0.25) is 26.2 Å². The summed E-state index contributed by atoms with van der Waals surface area (Å²) in [5, 5.41) is 0. The van der Waals surface area contributed by atoms with Gasteiger partial charge in [0, 0.05) is 0 Å². The maximum Gasteiger partial charge on any atom is 0.370 e. The van der Waals surface area contributed by atoms with Crippen LogP contribution in [0.15, 0.2) is 0 Å². The van der Waals surface area contributed by atoms with Crippen molar-refractivity contribution in [2.45, 2.75) is 59.0 Å². The molecule has 0 aromatic heterocycles. The lowest BCUT2D eigenvalue weighted by Gasteiger charge is -2.30. The molecule has 0 aliphatic carbocycles. The van der Waals surface area contributed by atoms with Crippen molar-refractivity contribution in [2.24, 2.45) is 0 Å². The molecule has 0 amide bonds. The average Bonchev–Trinajstić information content (AvgIpc) is 1.81. The third kappa shape index (κ3) is 7.43. The summed E-state index contributed by atoms with van der Waals surface area (Å²) < 4.78 is 11.8. The summed E-state index contributed by atoms with van der Waals surface area (Å²) in [5.41, 5.74) is -0.0251. The van der Waals surface area contributed by atoms with E-state index in [1.54, 1.807) is 0 Å². The second-order valence-electron chi connectivity index (χ2n) is 4.92. The Morgan fingerprint density at radius 1 is 1.23 bits per heavy atom. The molecule has 0 spiro atoms. The summed E-state index contributed by atoms with van der Waals surface area (Å²) in [6, 6.07) is 0. The van der Waals surface area contributed by atoms with Gasteiger partial charge in [0.15, 0.2) is 8.32 Å². The van der Waals surface area contributed by atoms with Crippen LogP contribution < -0.4 is 0 Å². The Hall–Kier alpha value is 0.354. The van der Waals surface area contributed by atoms with E-state index in [9.17, 15) is 0 Å². The molecule has 0 aliphatic heterocycles. The first kappa shape index (κ1) is 13.4. The minimum Gasteiger partial charge on any atom is -0.435 e. The molecule has 0 fully saturated rings. The molecular formula is C9H23O2Si2. The van der Waals surface area contributed by atoms with Crippen LogP contribution in [0, 0.1) is 0 Å². The van der Waals surface area contributed by atoms with Gasteiger partial charge in [0.05, 0.1) is 5.60 Å². The first-order valence-corrected chi connectivity index (χ1v) is 10.1. The molecule has 0 unspecified atom stereocenters. The zero-order valence-corrected chi connectivity index (χ0v) is 12.0. The van der Waals surface area contributed by atoms with Crippen molar-refractivity contribution >= 4 is 17.6 Å². The lowest BCUT2D eigenvalue weighted by Crippen LogP contribution is -2.40. The van der Waals surface area contributed by atoms with Crippen LogP contribution in [0.25, 0.3) is 0 Å². The molecular weight excluding hydrogens is 196 g/mol. The van der Waals surface area contributed by atoms with Crippen molar-refractivity contribution in [1.29, 1.82) is 0 Å². The van der Waals surface area contributed by atoms with Crippen LogP contribution in [0.1, 0.15) is 27.2 Å². The van der Waals surface area contributed by atoms with Gasteiger partial charge >= 0.3 is 9.28 Å². The first-order valence-electron chi connectivity index (χ1n) is 4.88. The van der Waals surface area contributed by atoms with E-state index >= 15 is 0 Å². The van der Waals surface area contributed by atoms with Crippen molar-refractivity contribution in [1.82, 2.24) is 0 Å². The van der Waals surface area contributed by atoms with Gasteiger partial charge in [-0.15, -0.1) is 0 Å². The second kappa shape index (κ2) is 4.73. The topological polar surface area (TPSA) is 18.5 Å². The van der Waals surface area contributed by atoms with Crippen molar-refractivity contribution in [3.63, 3.8) is 0 Å². The van der Waals surface area contributed by atoms with E-state index in [1.807, 2.05) is 0 Å². The average molecular weight is 219 g/mol. The highest BCUT2D eigenvalue weighted by molar-refractivity contribution is 6.75. The fourth-order valence-corrected chi connectivity index (χ4v) is 5.45. The Kier molecular flexibility index (Phi) is 4.86. The van der Waals surface area contributed by atoms with Crippen molar-refractivity contribution in [3.05, 3.63) is 0 Å². The Balaban J connectivity index is 3.94. The van der Waals surface area contributed by atoms with Gasteiger partial charge in [-0.3, -0.25) is 0 Å². The standard InChI is InChI=1S/C9H23O2Si2/c1-8-9(2,3)10-12(4)11-13(5,6)7/h8H2,1-7H3. The normalized spacial score (nSPS) is 13.8. The Morgan fingerprint density at radius 2 is 1.69 bits per heavy atom. The monoisotopic (exact) mass is 219 g/mol. The van der Waals surface area contributed by atoms with Gasteiger partial charge in [0.1, 0.15) is 0 Å². The zero-order chi connectivity index (χ0) is 10.7. The predicted molar refractivity (Wildman–Crippen MR) is 61.5 cm³/mol. The molecule has 79 valence electrons. The predicted octanol–water partition coefficient (Wildman–Crippen LogP) is 3.16. The molecule has 0 aromatic carbocycles. The third-order valence-electron chi connectivity index (χ3n) is 1.72. The van der Waals surface area contributed by atoms with E-state index in [0.29, 0.717) is 0 Å². The molecule has 0 saturated heterocycles. The Bertz CT molecular complexity index is 152. The molecule has 0 bridgehead atoms. The summed E-state index contributed by atoms with van der Waals surface area (Å²) in [4.78, 5) is 0. The molecule has 1 radical (unpaired) electrons. The zero-order valence-electron chi connectivity index (χ0n) is 10.0. The Labute approximate surface area is 85.6 Å². The summed E-state index contributed by atoms with van der Waals surface area (Å²) in [6.07, 6.45) is 1.03. The second-order valence-corrected chi connectivity index (χ2v) is 11.1. The fourth-order valence-electron chi connectivity index (χ4n) is 0.913. The molecule has 0 saturated carbocycles. The van der Waals surface area contributed by atoms with Crippen molar-refractivity contribution < 1.29 is 8.54 Å². The van der Waals surface area contributed by atoms with Gasteiger partial charge in [-0.2, -0.15) is 0 Å². The van der Waals surface area contributed by atoms with Crippen LogP contribution in [0.4, 0.5) is 0 Å². The molecule has 13 heavy (non-hydrogen) atoms. The SMILES string of the molecule is CCC(C)(C)O[Si](C)O[Si](C)(C)C. The van der Waals surface area contributed by atoms with Gasteiger partial charge in [-0.05, 0) is 46.5 Å². The largest absolute Gasteiger partial charge is 0.435 e. The molecule has 0 N–H and O–H groups in total. The molecule has 2 nitrogen and oxygen atoms in total. The van der Waals surface area contributed by atoms with Crippen LogP contribution in [0.5, 0.6) is 0 Å². The highest BCUT2D eigenvalue weighted by Crippen LogP contribution is 2.17. The van der Waals surface area contributed by atoms with Crippen molar-refractivity contribution in [3.8, 4) is 0 Å². The van der Waals surface area contributed by atoms with E-state index in [4.69, 9.17) is 8.54 Å². The third-order valence-corrected chi connectivity index (χ3v) is 6.16. The molecule has 0 aromatic rings. The van der Waals surface area contributed by atoms with Crippen LogP contribution in [-0.4, -0.2) is 23.2 Å². The van der Waals surface area contributed by atoms with Crippen LogP contribution in [-0.2, 0) is 8.54 Å². The van der Waals surface area contributed by atoms with E-state index in [2.05, 4.69) is 47.0 Å². The van der Waals surface area contributed by atoms with Gasteiger partial charge in [0.25, 0.3) is 0 Å². The lowest BCUT2D eigenvalue weighted by atomic mass is 10.1. The smallest absolute Gasteiger partial charge is 0.370 e. The van der Waals surface area contributed by atoms with Crippen molar-refractivity contribution in [2.75, 3.05) is 0 Å². The quantitative estimate of drug-likeness (QED) is 0.661. The summed E-state index contributed by atoms with van der Waals surface area (Å²) in [7, 11) is -2.47. The van der Waals surface area contributed by atoms with E-state index in [-0.39, 0.29) is 5.60 Å². The van der Waals surface area contributed by atoms with E-state index < -0.39 is 17.6 Å². The summed E-state index contributed by atoms with van der Waals surface area (Å²) >= 11 is 0. The first-order chi connectivity index (χ1) is 5.66. The highest BCUT2D eigenvalue weighted by Gasteiger charge is 2.26. The van der Waals surface area contributed by atoms with E-state index in [1.165, 1.54) is 0 Å². The molecule has 0 heterocycles. The Morgan fingerprint density at radius 3 is 2.00 bits per heavy atom. The molecule has 4 heteroatoms. The highest BCUT2D eigenvalue weighted by atomic mass is 28.4. The van der Waals surface area contributed by atoms with Gasteiger partial charge in [0.2, 0.25) is 0 Å². The lowest BCUT2D eigenvalue weighted by molar-refractivity contribution is 0.0831. The summed E-state index contributed by atoms with van der Waals surface area (Å²) in [5.74, 6) is 0. The van der Waals surface area contributed by atoms with Gasteiger partial charge < -0.3 is 8.54 Å². The van der Waals surface area contributed by atoms with E-state index in [0.717, 1.165) is 6.42 Å². The summed E-state index contributed by atoms with van der Waals surface area (Å²) in [6.45, 7) is 15.1. The van der Waals surface area contributed by atoms with Gasteiger partial charge in [-0.1, -0.05) is 6.92 Å². The minimum atomic E-state index is -1.41. The van der Waals surface area contributed by atoms with Crippen LogP contribution in [0.3, 0.4) is 0 Å².